The fourth-order valence-corrected chi connectivity index (χ4v) is 0.836. The van der Waals surface area contributed by atoms with Crippen LogP contribution in [0.25, 0.3) is 0 Å². The van der Waals surface area contributed by atoms with E-state index in [9.17, 15) is 17.7 Å². The average Bonchev–Trinajstić information content (AvgIpc) is 2.03. The lowest BCUT2D eigenvalue weighted by Crippen LogP contribution is -2.33. The van der Waals surface area contributed by atoms with Crippen molar-refractivity contribution in [3.8, 4) is 0 Å². The van der Waals surface area contributed by atoms with E-state index in [1.165, 1.54) is 12.1 Å². The Hall–Kier alpha value is -1.26. The fraction of sp³-hybridized carbons (Fsp3) is 0. The Kier molecular flexibility index (Phi) is 2.21. The molecule has 0 saturated carbocycles. The molecular weight excluding hydrogens is 168 g/mol. The Balaban J connectivity index is 3.10. The summed E-state index contributed by atoms with van der Waals surface area (Å²) in [6, 6.07) is 4.34. The third kappa shape index (κ3) is 1.87. The summed E-state index contributed by atoms with van der Waals surface area (Å²) in [6.07, 6.45) is 0.394. The normalized spacial score (nSPS) is 11.2. The van der Waals surface area contributed by atoms with Crippen molar-refractivity contribution in [2.45, 2.75) is 0 Å². The monoisotopic (exact) mass is 173 g/mol. The van der Waals surface area contributed by atoms with Crippen molar-refractivity contribution in [1.29, 1.82) is 0 Å². The number of halogens is 3. The highest BCUT2D eigenvalue weighted by molar-refractivity contribution is 6.73. The maximum atomic E-state index is 12.1. The van der Waals surface area contributed by atoms with E-state index in [1.54, 1.807) is 0 Å². The summed E-state index contributed by atoms with van der Waals surface area (Å²) in [5.41, 5.74) is -0.689. The van der Waals surface area contributed by atoms with Gasteiger partial charge in [0.05, 0.1) is 0 Å². The molecule has 64 valence electrons. The van der Waals surface area contributed by atoms with Crippen LogP contribution in [0.2, 0.25) is 0 Å². The van der Waals surface area contributed by atoms with Gasteiger partial charge >= 0.3 is 6.98 Å². The summed E-state index contributed by atoms with van der Waals surface area (Å²) in [5.74, 6) is 0. The maximum Gasteiger partial charge on any atom is 0.509 e. The minimum absolute atomic E-state index is 0.0479. The number of benzene rings is 1. The zero-order valence-electron chi connectivity index (χ0n) is 6.01. The molecule has 0 heterocycles. The smallest absolute Gasteiger partial charge is 0.445 e. The van der Waals surface area contributed by atoms with Crippen LogP contribution in [0.4, 0.5) is 12.9 Å². The molecule has 0 aliphatic heterocycles. The Bertz CT molecular complexity index is 295. The van der Waals surface area contributed by atoms with E-state index in [2.05, 4.69) is 0 Å². The van der Waals surface area contributed by atoms with Crippen LogP contribution in [0, 0.1) is 0 Å². The molecule has 0 aliphatic rings. The Morgan fingerprint density at radius 2 is 1.92 bits per heavy atom. The Morgan fingerprint density at radius 3 is 2.42 bits per heavy atom. The van der Waals surface area contributed by atoms with Gasteiger partial charge in [-0.05, 0) is 0 Å². The van der Waals surface area contributed by atoms with Crippen LogP contribution in [0.3, 0.4) is 0 Å². The second kappa shape index (κ2) is 3.01. The predicted octanol–water partition coefficient (Wildman–Crippen LogP) is 1.55. The van der Waals surface area contributed by atoms with E-state index in [-0.39, 0.29) is 5.56 Å². The minimum atomic E-state index is -4.99. The van der Waals surface area contributed by atoms with Gasteiger partial charge in [-0.2, -0.15) is 0 Å². The largest absolute Gasteiger partial charge is 0.509 e. The van der Waals surface area contributed by atoms with Gasteiger partial charge < -0.3 is 12.9 Å². The molecule has 0 N–H and O–H groups in total. The van der Waals surface area contributed by atoms with Gasteiger partial charge in [0.25, 0.3) is 0 Å². The molecule has 0 amide bonds. The molecule has 0 aromatic heterocycles. The lowest BCUT2D eigenvalue weighted by molar-refractivity contribution is 0.112. The van der Waals surface area contributed by atoms with E-state index in [1.807, 2.05) is 0 Å². The molecule has 0 atom stereocenters. The van der Waals surface area contributed by atoms with Crippen LogP contribution in [-0.2, 0) is 0 Å². The molecular formula is C7H5BF3O-. The fourth-order valence-electron chi connectivity index (χ4n) is 0.836. The Morgan fingerprint density at radius 1 is 1.25 bits per heavy atom. The molecule has 0 aliphatic carbocycles. The Labute approximate surface area is 67.3 Å². The van der Waals surface area contributed by atoms with Gasteiger partial charge in [0.1, 0.15) is 6.29 Å². The third-order valence-corrected chi connectivity index (χ3v) is 1.42. The minimum Gasteiger partial charge on any atom is -0.445 e. The van der Waals surface area contributed by atoms with Gasteiger partial charge in [0.15, 0.2) is 0 Å². The quantitative estimate of drug-likeness (QED) is 0.489. The highest BCUT2D eigenvalue weighted by Gasteiger charge is 2.25. The van der Waals surface area contributed by atoms with E-state index in [0.717, 1.165) is 12.1 Å². The average molecular weight is 173 g/mol. The van der Waals surface area contributed by atoms with Crippen molar-refractivity contribution in [3.05, 3.63) is 29.8 Å². The molecule has 0 radical (unpaired) electrons. The molecule has 0 spiro atoms. The van der Waals surface area contributed by atoms with Crippen molar-refractivity contribution >= 4 is 18.7 Å². The number of hydrogen-bond acceptors (Lipinski definition) is 1. The van der Waals surface area contributed by atoms with E-state index >= 15 is 0 Å². The molecule has 0 saturated heterocycles. The molecule has 1 nitrogen and oxygen atoms in total. The molecule has 5 heteroatoms. The first kappa shape index (κ1) is 8.84. The number of carbonyl (C=O) groups excluding carboxylic acids is 1. The van der Waals surface area contributed by atoms with Crippen molar-refractivity contribution in [3.63, 3.8) is 0 Å². The molecule has 0 unspecified atom stereocenters. The second-order valence-electron chi connectivity index (χ2n) is 2.36. The van der Waals surface area contributed by atoms with Gasteiger partial charge in [0.2, 0.25) is 0 Å². The van der Waals surface area contributed by atoms with E-state index < -0.39 is 12.4 Å². The van der Waals surface area contributed by atoms with Gasteiger partial charge in [-0.25, -0.2) is 0 Å². The summed E-state index contributed by atoms with van der Waals surface area (Å²) in [7, 11) is 0. The summed E-state index contributed by atoms with van der Waals surface area (Å²) >= 11 is 0. The van der Waals surface area contributed by atoms with Crippen LogP contribution in [0.5, 0.6) is 0 Å². The van der Waals surface area contributed by atoms with Crippen LogP contribution in [0.1, 0.15) is 10.4 Å². The molecule has 0 bridgehead atoms. The first-order valence-electron chi connectivity index (χ1n) is 3.29. The third-order valence-electron chi connectivity index (χ3n) is 1.42. The van der Waals surface area contributed by atoms with Crippen LogP contribution in [0.15, 0.2) is 24.3 Å². The van der Waals surface area contributed by atoms with Crippen LogP contribution < -0.4 is 5.46 Å². The number of hydrogen-bond donors (Lipinski definition) is 0. The highest BCUT2D eigenvalue weighted by atomic mass is 19.4. The summed E-state index contributed by atoms with van der Waals surface area (Å²) in [6.45, 7) is -4.99. The SMILES string of the molecule is O=Cc1cccc([B-](F)(F)F)c1. The zero-order valence-corrected chi connectivity index (χ0v) is 6.01. The maximum absolute atomic E-state index is 12.1. The summed E-state index contributed by atoms with van der Waals surface area (Å²) < 4.78 is 36.2. The zero-order chi connectivity index (χ0) is 9.19. The number of carbonyl (C=O) groups is 1. The van der Waals surface area contributed by atoms with Crippen molar-refractivity contribution in [2.75, 3.05) is 0 Å². The van der Waals surface area contributed by atoms with Crippen molar-refractivity contribution in [2.24, 2.45) is 0 Å². The first-order chi connectivity index (χ1) is 5.54. The lowest BCUT2D eigenvalue weighted by Gasteiger charge is -2.14. The second-order valence-corrected chi connectivity index (χ2v) is 2.36. The van der Waals surface area contributed by atoms with Crippen LogP contribution >= 0.6 is 0 Å². The standard InChI is InChI=1S/C7H5BF3O/c9-8(10,11)7-3-1-2-6(4-7)5-12/h1-5H/q-1. The van der Waals surface area contributed by atoms with Gasteiger partial charge in [-0.3, -0.25) is 4.79 Å². The molecule has 12 heavy (non-hydrogen) atoms. The summed E-state index contributed by atoms with van der Waals surface area (Å²) in [4.78, 5) is 10.1. The first-order valence-corrected chi connectivity index (χ1v) is 3.29. The highest BCUT2D eigenvalue weighted by Crippen LogP contribution is 2.09. The predicted molar refractivity (Wildman–Crippen MR) is 40.5 cm³/mol. The van der Waals surface area contributed by atoms with Gasteiger partial charge in [-0.1, -0.05) is 24.3 Å². The molecule has 0 fully saturated rings. The number of aldehydes is 1. The lowest BCUT2D eigenvalue weighted by atomic mass is 9.79. The topological polar surface area (TPSA) is 17.1 Å². The molecule has 1 rings (SSSR count). The van der Waals surface area contributed by atoms with Crippen molar-refractivity contribution in [1.82, 2.24) is 0 Å². The number of rotatable bonds is 2. The summed E-state index contributed by atoms with van der Waals surface area (Å²) in [5, 5.41) is 0. The van der Waals surface area contributed by atoms with E-state index in [4.69, 9.17) is 0 Å². The molecule has 1 aromatic carbocycles. The van der Waals surface area contributed by atoms with Gasteiger partial charge in [-0.15, -0.1) is 5.46 Å². The molecule has 1 aromatic rings. The van der Waals surface area contributed by atoms with Crippen molar-refractivity contribution < 1.29 is 17.7 Å². The van der Waals surface area contributed by atoms with E-state index in [0.29, 0.717) is 6.29 Å². The van der Waals surface area contributed by atoms with Gasteiger partial charge in [0, 0.05) is 5.56 Å². The van der Waals surface area contributed by atoms with Crippen LogP contribution in [-0.4, -0.2) is 13.3 Å².